The van der Waals surface area contributed by atoms with Crippen LogP contribution in [0.1, 0.15) is 30.0 Å². The molecule has 0 saturated heterocycles. The second kappa shape index (κ2) is 8.66. The van der Waals surface area contributed by atoms with Crippen LogP contribution in [0.2, 0.25) is 0 Å². The molecule has 0 bridgehead atoms. The Morgan fingerprint density at radius 1 is 1.26 bits per heavy atom. The maximum atomic E-state index is 14.0. The molecule has 2 aromatic carbocycles. The first kappa shape index (κ1) is 18.9. The summed E-state index contributed by atoms with van der Waals surface area (Å²) in [6, 6.07) is 14.3. The average Bonchev–Trinajstić information content (AvgIpc) is 3.12. The highest BCUT2D eigenvalue weighted by Crippen LogP contribution is 2.19. The molecule has 27 heavy (non-hydrogen) atoms. The first-order chi connectivity index (χ1) is 13.1. The summed E-state index contributed by atoms with van der Waals surface area (Å²) in [6.45, 7) is 4.90. The summed E-state index contributed by atoms with van der Waals surface area (Å²) in [4.78, 5) is 19.6. The van der Waals surface area contributed by atoms with Gasteiger partial charge in [0.1, 0.15) is 5.82 Å². The van der Waals surface area contributed by atoms with Crippen molar-refractivity contribution in [2.24, 2.45) is 5.16 Å². The van der Waals surface area contributed by atoms with Gasteiger partial charge in [0.05, 0.1) is 18.8 Å². The predicted octanol–water partition coefficient (Wildman–Crippen LogP) is 3.86. The van der Waals surface area contributed by atoms with Gasteiger partial charge in [0.25, 0.3) is 0 Å². The van der Waals surface area contributed by atoms with Gasteiger partial charge in [0, 0.05) is 18.5 Å². The summed E-state index contributed by atoms with van der Waals surface area (Å²) in [6.07, 6.45) is 0.353. The number of nitrogens with one attached hydrogen (secondary N) is 1. The number of urea groups is 1. The van der Waals surface area contributed by atoms with Gasteiger partial charge >= 0.3 is 6.03 Å². The van der Waals surface area contributed by atoms with Crippen molar-refractivity contribution in [2.75, 3.05) is 13.1 Å². The third-order valence-corrected chi connectivity index (χ3v) is 4.48. The van der Waals surface area contributed by atoms with Gasteiger partial charge < -0.3 is 15.1 Å². The molecule has 0 radical (unpaired) electrons. The normalized spacial score (nSPS) is 15.8. The Morgan fingerprint density at radius 2 is 2.00 bits per heavy atom. The summed E-state index contributed by atoms with van der Waals surface area (Å²) < 4.78 is 14.0. The van der Waals surface area contributed by atoms with Gasteiger partial charge in [0.2, 0.25) is 0 Å². The second-order valence-corrected chi connectivity index (χ2v) is 6.64. The van der Waals surface area contributed by atoms with Crippen molar-refractivity contribution in [3.8, 4) is 0 Å². The predicted molar refractivity (Wildman–Crippen MR) is 103 cm³/mol. The lowest BCUT2D eigenvalue weighted by atomic mass is 10.0. The zero-order valence-electron chi connectivity index (χ0n) is 15.6. The molecule has 0 aromatic heterocycles. The van der Waals surface area contributed by atoms with Crippen molar-refractivity contribution in [2.45, 2.75) is 32.9 Å². The van der Waals surface area contributed by atoms with Crippen LogP contribution >= 0.6 is 0 Å². The van der Waals surface area contributed by atoms with E-state index in [0.29, 0.717) is 25.1 Å². The van der Waals surface area contributed by atoms with Crippen molar-refractivity contribution >= 4 is 11.7 Å². The molecule has 1 N–H and O–H groups in total. The van der Waals surface area contributed by atoms with Gasteiger partial charge in [0.15, 0.2) is 6.10 Å². The minimum Gasteiger partial charge on any atom is -0.390 e. The molecular formula is C21H24FN3O2. The number of benzene rings is 2. The highest BCUT2D eigenvalue weighted by molar-refractivity contribution is 6.01. The molecule has 142 valence electrons. The fourth-order valence-corrected chi connectivity index (χ4v) is 3.00. The number of halogens is 1. The number of carbonyl (C=O) groups is 1. The summed E-state index contributed by atoms with van der Waals surface area (Å²) in [5.74, 6) is -0.323. The topological polar surface area (TPSA) is 53.9 Å². The molecule has 1 unspecified atom stereocenters. The molecular weight excluding hydrogens is 345 g/mol. The second-order valence-electron chi connectivity index (χ2n) is 6.64. The maximum absolute atomic E-state index is 14.0. The number of aryl methyl sites for hydroxylation is 1. The number of amides is 2. The molecule has 0 saturated carbocycles. The fourth-order valence-electron chi connectivity index (χ4n) is 3.00. The van der Waals surface area contributed by atoms with Crippen molar-refractivity contribution in [3.05, 3.63) is 71.0 Å². The van der Waals surface area contributed by atoms with E-state index >= 15 is 0 Å². The molecule has 1 atom stereocenters. The van der Waals surface area contributed by atoms with Gasteiger partial charge in [-0.3, -0.25) is 0 Å². The molecule has 0 spiro atoms. The molecule has 3 rings (SSSR count). The molecule has 6 heteroatoms. The van der Waals surface area contributed by atoms with Gasteiger partial charge in [-0.1, -0.05) is 53.2 Å². The number of oxime groups is 1. The Bertz CT molecular complexity index is 820. The van der Waals surface area contributed by atoms with E-state index < -0.39 is 0 Å². The van der Waals surface area contributed by atoms with Crippen LogP contribution in [-0.2, 0) is 11.4 Å². The van der Waals surface area contributed by atoms with Gasteiger partial charge in [-0.2, -0.15) is 0 Å². The van der Waals surface area contributed by atoms with E-state index in [2.05, 4.69) is 10.5 Å². The van der Waals surface area contributed by atoms with E-state index in [1.54, 1.807) is 23.1 Å². The van der Waals surface area contributed by atoms with E-state index in [-0.39, 0.29) is 24.5 Å². The summed E-state index contributed by atoms with van der Waals surface area (Å²) in [5, 5.41) is 6.96. The Hall–Kier alpha value is -2.89. The highest BCUT2D eigenvalue weighted by atomic mass is 19.1. The van der Waals surface area contributed by atoms with Crippen LogP contribution in [0.4, 0.5) is 9.18 Å². The highest BCUT2D eigenvalue weighted by Gasteiger charge is 2.27. The first-order valence-corrected chi connectivity index (χ1v) is 9.12. The molecule has 1 aliphatic rings. The SMILES string of the molecule is CCNC(=O)N(Cc1ccccc1F)CC1CC(c2ccc(C)cc2)=NO1. The van der Waals surface area contributed by atoms with E-state index in [0.717, 1.165) is 11.3 Å². The first-order valence-electron chi connectivity index (χ1n) is 9.12. The molecule has 2 amide bonds. The standard InChI is InChI=1S/C21H24FN3O2/c1-3-23-21(26)25(13-17-6-4-5-7-19(17)22)14-18-12-20(24-27-18)16-10-8-15(2)9-11-16/h4-11,18H,3,12-14H2,1-2H3,(H,23,26). The van der Waals surface area contributed by atoms with Crippen LogP contribution in [-0.4, -0.2) is 35.8 Å². The number of nitrogens with zero attached hydrogens (tertiary/aromatic N) is 2. The monoisotopic (exact) mass is 369 g/mol. The van der Waals surface area contributed by atoms with Crippen molar-refractivity contribution in [1.29, 1.82) is 0 Å². The quantitative estimate of drug-likeness (QED) is 0.841. The molecule has 0 aliphatic carbocycles. The Labute approximate surface area is 158 Å². The Morgan fingerprint density at radius 3 is 2.70 bits per heavy atom. The van der Waals surface area contributed by atoms with Gasteiger partial charge in [-0.15, -0.1) is 0 Å². The molecule has 0 fully saturated rings. The summed E-state index contributed by atoms with van der Waals surface area (Å²) in [5.41, 5.74) is 3.53. The number of hydrogen-bond acceptors (Lipinski definition) is 3. The zero-order chi connectivity index (χ0) is 19.2. The lowest BCUT2D eigenvalue weighted by Crippen LogP contribution is -2.43. The van der Waals surface area contributed by atoms with Gasteiger partial charge in [-0.05, 0) is 25.5 Å². The fraction of sp³-hybridized carbons (Fsp3) is 0.333. The summed E-state index contributed by atoms with van der Waals surface area (Å²) in [7, 11) is 0. The number of rotatable bonds is 6. The minimum atomic E-state index is -0.323. The van der Waals surface area contributed by atoms with Crippen molar-refractivity contribution in [1.82, 2.24) is 10.2 Å². The van der Waals surface area contributed by atoms with Crippen LogP contribution in [0.3, 0.4) is 0 Å². The smallest absolute Gasteiger partial charge is 0.317 e. The molecule has 2 aromatic rings. The minimum absolute atomic E-state index is 0.179. The third kappa shape index (κ3) is 4.84. The van der Waals surface area contributed by atoms with Crippen LogP contribution in [0.15, 0.2) is 53.7 Å². The van der Waals surface area contributed by atoms with E-state index in [1.165, 1.54) is 11.6 Å². The lowest BCUT2D eigenvalue weighted by molar-refractivity contribution is 0.0588. The van der Waals surface area contributed by atoms with E-state index in [1.807, 2.05) is 38.1 Å². The summed E-state index contributed by atoms with van der Waals surface area (Å²) >= 11 is 0. The molecule has 1 heterocycles. The zero-order valence-corrected chi connectivity index (χ0v) is 15.6. The van der Waals surface area contributed by atoms with Gasteiger partial charge in [-0.25, -0.2) is 9.18 Å². The van der Waals surface area contributed by atoms with Crippen LogP contribution < -0.4 is 5.32 Å². The van der Waals surface area contributed by atoms with Crippen molar-refractivity contribution in [3.63, 3.8) is 0 Å². The molecule has 5 nitrogen and oxygen atoms in total. The van der Waals surface area contributed by atoms with E-state index in [9.17, 15) is 9.18 Å². The Kier molecular flexibility index (Phi) is 6.06. The molecule has 1 aliphatic heterocycles. The average molecular weight is 369 g/mol. The van der Waals surface area contributed by atoms with Crippen molar-refractivity contribution < 1.29 is 14.0 Å². The van der Waals surface area contributed by atoms with Crippen LogP contribution in [0.25, 0.3) is 0 Å². The third-order valence-electron chi connectivity index (χ3n) is 4.48. The Balaban J connectivity index is 1.67. The maximum Gasteiger partial charge on any atom is 0.317 e. The number of hydrogen-bond donors (Lipinski definition) is 1. The lowest BCUT2D eigenvalue weighted by Gasteiger charge is -2.25. The number of carbonyl (C=O) groups excluding carboxylic acids is 1. The van der Waals surface area contributed by atoms with Crippen LogP contribution in [0.5, 0.6) is 0 Å². The van der Waals surface area contributed by atoms with E-state index in [4.69, 9.17) is 4.84 Å². The largest absolute Gasteiger partial charge is 0.390 e. The van der Waals surface area contributed by atoms with Crippen LogP contribution in [0, 0.1) is 12.7 Å².